The van der Waals surface area contributed by atoms with Crippen molar-refractivity contribution < 1.29 is 9.59 Å². The van der Waals surface area contributed by atoms with Crippen molar-refractivity contribution in [3.8, 4) is 0 Å². The number of primary amides is 1. The van der Waals surface area contributed by atoms with Crippen molar-refractivity contribution in [3.63, 3.8) is 0 Å². The molecule has 3 amide bonds. The van der Waals surface area contributed by atoms with Crippen LogP contribution >= 0.6 is 11.3 Å². The Morgan fingerprint density at radius 1 is 1.37 bits per heavy atom. The summed E-state index contributed by atoms with van der Waals surface area (Å²) in [5, 5.41) is 3.16. The fourth-order valence-corrected chi connectivity index (χ4v) is 3.90. The first-order valence-corrected chi connectivity index (χ1v) is 9.70. The Kier molecular flexibility index (Phi) is 5.59. The quantitative estimate of drug-likeness (QED) is 0.646. The van der Waals surface area contributed by atoms with Crippen LogP contribution in [0.4, 0.5) is 9.93 Å². The van der Waals surface area contributed by atoms with Crippen LogP contribution in [0.3, 0.4) is 0 Å². The average Bonchev–Trinajstić information content (AvgIpc) is 3.22. The summed E-state index contributed by atoms with van der Waals surface area (Å²) >= 11 is 1.27. The summed E-state index contributed by atoms with van der Waals surface area (Å²) in [5.74, 6) is 0.0710. The summed E-state index contributed by atoms with van der Waals surface area (Å²) in [7, 11) is 0. The summed E-state index contributed by atoms with van der Waals surface area (Å²) in [4.78, 5) is 34.7. The largest absolute Gasteiger partial charge is 0.396 e. The highest BCUT2D eigenvalue weighted by Gasteiger charge is 2.33. The molecule has 0 spiro atoms. The molecule has 2 heterocycles. The molecule has 0 bridgehead atoms. The van der Waals surface area contributed by atoms with Gasteiger partial charge in [-0.05, 0) is 44.1 Å². The van der Waals surface area contributed by atoms with Crippen molar-refractivity contribution in [1.29, 1.82) is 0 Å². The highest BCUT2D eigenvalue weighted by atomic mass is 32.1. The minimum atomic E-state index is -0.565. The number of hydrogen-bond donors (Lipinski definition) is 3. The minimum absolute atomic E-state index is 0.377. The van der Waals surface area contributed by atoms with Gasteiger partial charge in [0.1, 0.15) is 6.04 Å². The Bertz CT molecular complexity index is 824. The third-order valence-electron chi connectivity index (χ3n) is 4.67. The van der Waals surface area contributed by atoms with E-state index >= 15 is 0 Å². The molecule has 8 nitrogen and oxygen atoms in total. The van der Waals surface area contributed by atoms with Gasteiger partial charge in [0.2, 0.25) is 5.91 Å². The number of hydrogen-bond acceptors (Lipinski definition) is 6. The molecule has 1 aromatic rings. The third kappa shape index (κ3) is 4.54. The number of carbonyl (C=O) groups excluding carboxylic acids is 2. The van der Waals surface area contributed by atoms with Crippen LogP contribution in [0.1, 0.15) is 36.3 Å². The monoisotopic (exact) mass is 388 g/mol. The fraction of sp³-hybridized carbons (Fsp3) is 0.444. The summed E-state index contributed by atoms with van der Waals surface area (Å²) < 4.78 is 0. The van der Waals surface area contributed by atoms with E-state index in [-0.39, 0.29) is 6.03 Å². The predicted molar refractivity (Wildman–Crippen MR) is 107 cm³/mol. The molecule has 1 aliphatic heterocycles. The van der Waals surface area contributed by atoms with Crippen molar-refractivity contribution in [3.05, 3.63) is 28.9 Å². The number of amides is 3. The zero-order valence-electron chi connectivity index (χ0n) is 15.3. The first kappa shape index (κ1) is 19.1. The van der Waals surface area contributed by atoms with Gasteiger partial charge >= 0.3 is 6.03 Å². The van der Waals surface area contributed by atoms with Gasteiger partial charge in [-0.1, -0.05) is 17.9 Å². The molecular formula is C18H24N6O2S. The number of thiazole rings is 1. The van der Waals surface area contributed by atoms with E-state index in [4.69, 9.17) is 11.5 Å². The molecule has 0 aromatic carbocycles. The smallest absolute Gasteiger partial charge is 0.324 e. The van der Waals surface area contributed by atoms with Gasteiger partial charge in [0.15, 0.2) is 5.13 Å². The Morgan fingerprint density at radius 3 is 2.78 bits per heavy atom. The lowest BCUT2D eigenvalue weighted by Crippen LogP contribution is -2.45. The number of aryl methyl sites for hydroxylation is 1. The van der Waals surface area contributed by atoms with Gasteiger partial charge in [-0.15, -0.1) is 0 Å². The number of urea groups is 1. The lowest BCUT2D eigenvalue weighted by molar-refractivity contribution is -0.121. The molecule has 1 saturated carbocycles. The zero-order chi connectivity index (χ0) is 19.6. The van der Waals surface area contributed by atoms with Crippen LogP contribution in [-0.2, 0) is 4.79 Å². The second-order valence-corrected chi connectivity index (χ2v) is 7.83. The predicted octanol–water partition coefficient (Wildman–Crippen LogP) is 2.23. The van der Waals surface area contributed by atoms with Crippen molar-refractivity contribution in [2.75, 3.05) is 11.9 Å². The van der Waals surface area contributed by atoms with E-state index in [1.807, 2.05) is 6.92 Å². The van der Waals surface area contributed by atoms with Gasteiger partial charge in [-0.25, -0.2) is 9.78 Å². The standard InChI is InChI=1S/C18H24N6O2S/c1-10(12-5-6-12)8-21-9-13(19)15-11(2)22-17(27-15)23-18(26)24-7-3-4-14(24)16(20)25/h8-9,12,14H,1,3-7,19H2,2H3,(H2,20,25)(H,22,23,26)/b13-9-,21-8?/t14-/m0/s1. The Labute approximate surface area is 162 Å². The third-order valence-corrected chi connectivity index (χ3v) is 5.79. The van der Waals surface area contributed by atoms with Crippen LogP contribution in [-0.4, -0.2) is 40.6 Å². The van der Waals surface area contributed by atoms with Crippen molar-refractivity contribution in [2.24, 2.45) is 22.4 Å². The SMILES string of the molecule is C=C(C=N/C=C(\N)c1sc(NC(=O)N2CCC[C@H]2C(N)=O)nc1C)C1CC1. The van der Waals surface area contributed by atoms with Crippen molar-refractivity contribution >= 4 is 40.3 Å². The summed E-state index contributed by atoms with van der Waals surface area (Å²) in [6, 6.07) is -0.942. The highest BCUT2D eigenvalue weighted by molar-refractivity contribution is 7.16. The molecule has 144 valence electrons. The number of likely N-dealkylation sites (tertiary alicyclic amines) is 1. The van der Waals surface area contributed by atoms with Crippen LogP contribution in [0.2, 0.25) is 0 Å². The number of carbonyl (C=O) groups is 2. The first-order chi connectivity index (χ1) is 12.9. The number of aliphatic imine (C=N–C) groups is 1. The van der Waals surface area contributed by atoms with E-state index in [0.29, 0.717) is 35.4 Å². The van der Waals surface area contributed by atoms with Gasteiger partial charge in [0, 0.05) is 12.8 Å². The van der Waals surface area contributed by atoms with Gasteiger partial charge in [0.25, 0.3) is 0 Å². The topological polar surface area (TPSA) is 127 Å². The lowest BCUT2D eigenvalue weighted by atomic mass is 10.2. The van der Waals surface area contributed by atoms with Crippen LogP contribution in [0.15, 0.2) is 23.3 Å². The van der Waals surface area contributed by atoms with E-state index < -0.39 is 11.9 Å². The molecule has 5 N–H and O–H groups in total. The van der Waals surface area contributed by atoms with Gasteiger partial charge in [-0.2, -0.15) is 0 Å². The number of aromatic nitrogens is 1. The van der Waals surface area contributed by atoms with Gasteiger partial charge < -0.3 is 16.4 Å². The molecular weight excluding hydrogens is 364 g/mol. The number of allylic oxidation sites excluding steroid dienone is 1. The lowest BCUT2D eigenvalue weighted by Gasteiger charge is -2.21. The fourth-order valence-electron chi connectivity index (χ4n) is 3.02. The molecule has 27 heavy (non-hydrogen) atoms. The second-order valence-electron chi connectivity index (χ2n) is 6.83. The molecule has 9 heteroatoms. The number of anilines is 1. The van der Waals surface area contributed by atoms with E-state index in [1.165, 1.54) is 29.1 Å². The Balaban J connectivity index is 1.65. The molecule has 2 fully saturated rings. The Hall–Kier alpha value is -2.68. The molecule has 3 rings (SSSR count). The molecule has 2 aliphatic rings. The molecule has 1 atom stereocenters. The van der Waals surface area contributed by atoms with Crippen molar-refractivity contribution in [2.45, 2.75) is 38.6 Å². The average molecular weight is 388 g/mol. The first-order valence-electron chi connectivity index (χ1n) is 8.89. The number of nitrogens with one attached hydrogen (secondary N) is 1. The summed E-state index contributed by atoms with van der Waals surface area (Å²) in [5.41, 5.74) is 13.7. The molecule has 0 radical (unpaired) electrons. The summed E-state index contributed by atoms with van der Waals surface area (Å²) in [6.45, 7) is 6.30. The van der Waals surface area contributed by atoms with Crippen LogP contribution < -0.4 is 16.8 Å². The molecule has 1 saturated heterocycles. The number of rotatable bonds is 6. The maximum absolute atomic E-state index is 12.4. The number of nitrogens with zero attached hydrogens (tertiary/aromatic N) is 3. The van der Waals surface area contributed by atoms with E-state index in [9.17, 15) is 9.59 Å². The van der Waals surface area contributed by atoms with Crippen LogP contribution in [0.5, 0.6) is 0 Å². The van der Waals surface area contributed by atoms with Crippen LogP contribution in [0.25, 0.3) is 5.70 Å². The Morgan fingerprint density at radius 2 is 2.11 bits per heavy atom. The zero-order valence-corrected chi connectivity index (χ0v) is 16.1. The van der Waals surface area contributed by atoms with E-state index in [2.05, 4.69) is 21.9 Å². The second kappa shape index (κ2) is 7.91. The minimum Gasteiger partial charge on any atom is -0.396 e. The molecule has 0 unspecified atom stereocenters. The molecule has 1 aliphatic carbocycles. The van der Waals surface area contributed by atoms with Gasteiger partial charge in [0.05, 0.1) is 22.5 Å². The van der Waals surface area contributed by atoms with Crippen molar-refractivity contribution in [1.82, 2.24) is 9.88 Å². The maximum atomic E-state index is 12.4. The van der Waals surface area contributed by atoms with E-state index in [1.54, 1.807) is 12.4 Å². The normalized spacial score (nSPS) is 20.3. The van der Waals surface area contributed by atoms with Gasteiger partial charge in [-0.3, -0.25) is 15.1 Å². The number of nitrogens with two attached hydrogens (primary N) is 2. The van der Waals surface area contributed by atoms with Crippen LogP contribution in [0, 0.1) is 12.8 Å². The highest BCUT2D eigenvalue weighted by Crippen LogP contribution is 2.34. The maximum Gasteiger partial charge on any atom is 0.324 e. The van der Waals surface area contributed by atoms with E-state index in [0.717, 1.165) is 16.9 Å². The summed E-state index contributed by atoms with van der Waals surface area (Å²) in [6.07, 6.45) is 7.00. The molecule has 1 aromatic heterocycles.